The van der Waals surface area contributed by atoms with E-state index in [0.29, 0.717) is 0 Å². The molecule has 1 fully saturated rings. The van der Waals surface area contributed by atoms with Gasteiger partial charge < -0.3 is 5.73 Å². The first kappa shape index (κ1) is 12.1. The van der Waals surface area contributed by atoms with Crippen molar-refractivity contribution in [2.24, 2.45) is 5.73 Å². The molecule has 0 aromatic heterocycles. The van der Waals surface area contributed by atoms with E-state index in [1.54, 1.807) is 0 Å². The van der Waals surface area contributed by atoms with Gasteiger partial charge >= 0.3 is 10.4 Å². The largest absolute Gasteiger partial charge is 0.394 e. The van der Waals surface area contributed by atoms with Crippen molar-refractivity contribution in [2.45, 2.75) is 18.4 Å². The van der Waals surface area contributed by atoms with Crippen LogP contribution in [-0.4, -0.2) is 17.5 Å². The summed E-state index contributed by atoms with van der Waals surface area (Å²) in [6.07, 6.45) is 2.30. The van der Waals surface area contributed by atoms with Crippen LogP contribution in [0.3, 0.4) is 0 Å². The lowest BCUT2D eigenvalue weighted by Crippen LogP contribution is -2.18. The van der Waals surface area contributed by atoms with E-state index in [1.807, 2.05) is 18.2 Å². The number of rotatable bonds is 1. The predicted octanol–water partition coefficient (Wildman–Crippen LogP) is 0.982. The van der Waals surface area contributed by atoms with E-state index in [-0.39, 0.29) is 5.54 Å². The van der Waals surface area contributed by atoms with E-state index in [2.05, 4.69) is 12.1 Å². The molecule has 1 aromatic carbocycles. The molecule has 15 heavy (non-hydrogen) atoms. The Morgan fingerprint density at radius 1 is 1.13 bits per heavy atom. The Bertz CT molecular complexity index is 403. The average molecular weight is 231 g/mol. The first-order valence-electron chi connectivity index (χ1n) is 4.35. The fraction of sp³-hybridized carbons (Fsp3) is 0.333. The zero-order valence-corrected chi connectivity index (χ0v) is 8.81. The quantitative estimate of drug-likeness (QED) is 0.625. The maximum absolute atomic E-state index is 8.74. The molecular formula is C9H13NO4S. The van der Waals surface area contributed by atoms with Crippen molar-refractivity contribution in [1.82, 2.24) is 0 Å². The van der Waals surface area contributed by atoms with Crippen molar-refractivity contribution in [2.75, 3.05) is 0 Å². The van der Waals surface area contributed by atoms with Gasteiger partial charge in [-0.15, -0.1) is 0 Å². The maximum Gasteiger partial charge on any atom is 0.394 e. The van der Waals surface area contributed by atoms with Crippen LogP contribution in [0.25, 0.3) is 0 Å². The Morgan fingerprint density at radius 2 is 1.53 bits per heavy atom. The van der Waals surface area contributed by atoms with Crippen molar-refractivity contribution in [1.29, 1.82) is 0 Å². The van der Waals surface area contributed by atoms with Crippen LogP contribution in [0.4, 0.5) is 0 Å². The van der Waals surface area contributed by atoms with Crippen LogP contribution >= 0.6 is 0 Å². The minimum absolute atomic E-state index is 0.0429. The molecule has 1 aromatic rings. The molecule has 0 saturated heterocycles. The molecule has 0 unspecified atom stereocenters. The lowest BCUT2D eigenvalue weighted by Gasteiger charge is -2.06. The molecule has 0 atom stereocenters. The second-order valence-electron chi connectivity index (χ2n) is 3.47. The molecule has 0 heterocycles. The standard InChI is InChI=1S/C9H11N.H2O4S/c10-9(6-7-9)8-4-2-1-3-5-8;1-5(2,3)4/h1-5H,6-7,10H2;(H2,1,2,3,4). The van der Waals surface area contributed by atoms with E-state index in [1.165, 1.54) is 5.56 Å². The molecule has 0 bridgehead atoms. The molecule has 5 nitrogen and oxygen atoms in total. The monoisotopic (exact) mass is 231 g/mol. The summed E-state index contributed by atoms with van der Waals surface area (Å²) >= 11 is 0. The van der Waals surface area contributed by atoms with Crippen molar-refractivity contribution < 1.29 is 17.5 Å². The Morgan fingerprint density at radius 3 is 1.87 bits per heavy atom. The topological polar surface area (TPSA) is 101 Å². The van der Waals surface area contributed by atoms with Crippen molar-refractivity contribution >= 4 is 10.4 Å². The number of hydrogen-bond donors (Lipinski definition) is 3. The van der Waals surface area contributed by atoms with Crippen LogP contribution < -0.4 is 5.73 Å². The van der Waals surface area contributed by atoms with Gasteiger partial charge in [0.05, 0.1) is 0 Å². The Hall–Kier alpha value is -0.950. The van der Waals surface area contributed by atoms with E-state index >= 15 is 0 Å². The van der Waals surface area contributed by atoms with Gasteiger partial charge in [-0.25, -0.2) is 0 Å². The third-order valence-electron chi connectivity index (χ3n) is 2.14. The highest BCUT2D eigenvalue weighted by molar-refractivity contribution is 7.79. The average Bonchev–Trinajstić information content (AvgIpc) is 2.84. The van der Waals surface area contributed by atoms with Crippen LogP contribution in [0.15, 0.2) is 30.3 Å². The SMILES string of the molecule is NC1(c2ccccc2)CC1.O=S(=O)(O)O. The highest BCUT2D eigenvalue weighted by Crippen LogP contribution is 2.42. The van der Waals surface area contributed by atoms with E-state index in [9.17, 15) is 0 Å². The van der Waals surface area contributed by atoms with Gasteiger partial charge in [-0.1, -0.05) is 30.3 Å². The van der Waals surface area contributed by atoms with Gasteiger partial charge in [-0.2, -0.15) is 8.42 Å². The normalized spacial score (nSPS) is 17.5. The molecular weight excluding hydrogens is 218 g/mol. The number of nitrogens with two attached hydrogens (primary N) is 1. The molecule has 6 heteroatoms. The van der Waals surface area contributed by atoms with Crippen molar-refractivity contribution in [3.63, 3.8) is 0 Å². The van der Waals surface area contributed by atoms with Gasteiger partial charge in [0.15, 0.2) is 0 Å². The third kappa shape index (κ3) is 4.89. The highest BCUT2D eigenvalue weighted by Gasteiger charge is 2.39. The summed E-state index contributed by atoms with van der Waals surface area (Å²) in [6.45, 7) is 0. The lowest BCUT2D eigenvalue weighted by molar-refractivity contribution is 0.381. The van der Waals surface area contributed by atoms with E-state index in [4.69, 9.17) is 23.3 Å². The summed E-state index contributed by atoms with van der Waals surface area (Å²) in [7, 11) is -4.67. The first-order chi connectivity index (χ1) is 6.81. The minimum Gasteiger partial charge on any atom is -0.321 e. The summed E-state index contributed by atoms with van der Waals surface area (Å²) in [5.41, 5.74) is 7.30. The lowest BCUT2D eigenvalue weighted by atomic mass is 10.1. The predicted molar refractivity (Wildman–Crippen MR) is 55.7 cm³/mol. The van der Waals surface area contributed by atoms with Gasteiger partial charge in [-0.05, 0) is 18.4 Å². The van der Waals surface area contributed by atoms with Gasteiger partial charge in [-0.3, -0.25) is 9.11 Å². The second-order valence-corrected chi connectivity index (χ2v) is 4.37. The van der Waals surface area contributed by atoms with Crippen LogP contribution in [0.5, 0.6) is 0 Å². The zero-order valence-electron chi connectivity index (χ0n) is 8.00. The van der Waals surface area contributed by atoms with Gasteiger partial charge in [0, 0.05) is 5.54 Å². The number of hydrogen-bond acceptors (Lipinski definition) is 3. The van der Waals surface area contributed by atoms with Crippen LogP contribution in [-0.2, 0) is 15.9 Å². The molecule has 1 saturated carbocycles. The summed E-state index contributed by atoms with van der Waals surface area (Å²) in [5.74, 6) is 0. The number of benzene rings is 1. The third-order valence-corrected chi connectivity index (χ3v) is 2.14. The molecule has 4 N–H and O–H groups in total. The molecule has 0 amide bonds. The Labute approximate surface area is 88.5 Å². The van der Waals surface area contributed by atoms with Gasteiger partial charge in [0.25, 0.3) is 0 Å². The molecule has 0 aliphatic heterocycles. The van der Waals surface area contributed by atoms with Gasteiger partial charge in [0.2, 0.25) is 0 Å². The smallest absolute Gasteiger partial charge is 0.321 e. The zero-order chi connectivity index (χ0) is 11.5. The summed E-state index contributed by atoms with van der Waals surface area (Å²) in [4.78, 5) is 0. The summed E-state index contributed by atoms with van der Waals surface area (Å²) in [5, 5.41) is 0. The Balaban J connectivity index is 0.000000195. The second kappa shape index (κ2) is 4.28. The molecule has 1 aliphatic carbocycles. The summed E-state index contributed by atoms with van der Waals surface area (Å²) < 4.78 is 31.6. The van der Waals surface area contributed by atoms with Crippen molar-refractivity contribution in [3.8, 4) is 0 Å². The Kier molecular flexibility index (Phi) is 3.46. The van der Waals surface area contributed by atoms with Gasteiger partial charge in [0.1, 0.15) is 0 Å². The molecule has 2 rings (SSSR count). The van der Waals surface area contributed by atoms with Crippen LogP contribution in [0, 0.1) is 0 Å². The summed E-state index contributed by atoms with van der Waals surface area (Å²) in [6, 6.07) is 10.3. The highest BCUT2D eigenvalue weighted by atomic mass is 32.3. The van der Waals surface area contributed by atoms with Crippen LogP contribution in [0.1, 0.15) is 18.4 Å². The first-order valence-corrected chi connectivity index (χ1v) is 5.75. The fourth-order valence-corrected chi connectivity index (χ4v) is 1.19. The molecule has 1 aliphatic rings. The maximum atomic E-state index is 8.74. The van der Waals surface area contributed by atoms with Crippen LogP contribution in [0.2, 0.25) is 0 Å². The van der Waals surface area contributed by atoms with E-state index in [0.717, 1.165) is 12.8 Å². The van der Waals surface area contributed by atoms with E-state index < -0.39 is 10.4 Å². The molecule has 0 radical (unpaired) electrons. The molecule has 0 spiro atoms. The van der Waals surface area contributed by atoms with Crippen molar-refractivity contribution in [3.05, 3.63) is 35.9 Å². The fourth-order valence-electron chi connectivity index (χ4n) is 1.19. The molecule has 84 valence electrons. The minimum atomic E-state index is -4.67.